The van der Waals surface area contributed by atoms with Crippen molar-refractivity contribution in [1.82, 2.24) is 20.4 Å². The summed E-state index contributed by atoms with van der Waals surface area (Å²) >= 11 is 0. The molecule has 0 aromatic carbocycles. The average Bonchev–Trinajstić information content (AvgIpc) is 3.45. The van der Waals surface area contributed by atoms with Crippen LogP contribution < -0.4 is 10.6 Å². The Bertz CT molecular complexity index is 1100. The van der Waals surface area contributed by atoms with Gasteiger partial charge < -0.3 is 25.0 Å². The molecular weight excluding hydrogens is 422 g/mol. The van der Waals surface area contributed by atoms with Crippen LogP contribution in [0.3, 0.4) is 0 Å². The lowest BCUT2D eigenvalue weighted by Crippen LogP contribution is -2.59. The fraction of sp³-hybridized carbons (Fsp3) is 0.583. The second-order valence-electron chi connectivity index (χ2n) is 10.0. The minimum Gasteiger partial charge on any atom is -0.390 e. The maximum atomic E-state index is 12.3. The molecule has 2 unspecified atom stereocenters. The van der Waals surface area contributed by atoms with Gasteiger partial charge in [0.05, 0.1) is 29.2 Å². The Morgan fingerprint density at radius 2 is 2.12 bits per heavy atom. The summed E-state index contributed by atoms with van der Waals surface area (Å²) in [6.07, 6.45) is 11.8. The van der Waals surface area contributed by atoms with E-state index in [4.69, 9.17) is 9.26 Å². The van der Waals surface area contributed by atoms with Crippen LogP contribution in [-0.4, -0.2) is 58.0 Å². The van der Waals surface area contributed by atoms with E-state index in [1.165, 1.54) is 12.8 Å². The predicted octanol–water partition coefficient (Wildman–Crippen LogP) is 2.43. The second kappa shape index (κ2) is 7.92. The molecule has 9 heteroatoms. The number of fused-ring (bicyclic) bond motifs is 1. The summed E-state index contributed by atoms with van der Waals surface area (Å²) < 4.78 is 10.5. The first kappa shape index (κ1) is 20.8. The van der Waals surface area contributed by atoms with E-state index in [0.717, 1.165) is 42.6 Å². The Labute approximate surface area is 192 Å². The van der Waals surface area contributed by atoms with E-state index in [1.54, 1.807) is 13.3 Å². The van der Waals surface area contributed by atoms with Crippen molar-refractivity contribution in [3.63, 3.8) is 0 Å². The van der Waals surface area contributed by atoms with E-state index in [1.807, 2.05) is 0 Å². The van der Waals surface area contributed by atoms with Crippen molar-refractivity contribution in [3.8, 4) is 11.5 Å². The number of carbonyl (C=O) groups is 1. The van der Waals surface area contributed by atoms with Crippen LogP contribution in [0.2, 0.25) is 0 Å². The molecule has 5 aliphatic carbocycles. The highest BCUT2D eigenvalue weighted by Crippen LogP contribution is 2.56. The van der Waals surface area contributed by atoms with Crippen LogP contribution in [0.25, 0.3) is 17.5 Å². The standard InChI is InChI=1S/C24H29N5O4/c1-32-6-5-25-22(30)21-28-23(33-29-21)17-12-26-18-4-2-3-16(18)20(17)27-19-14-7-13-8-15(19)11-24(31,9-13)10-14/h2-3,12-15,19,31H,4-11H2,1H3,(H,25,30)(H,26,27). The molecule has 174 valence electrons. The van der Waals surface area contributed by atoms with Gasteiger partial charge in [-0.3, -0.25) is 9.78 Å². The summed E-state index contributed by atoms with van der Waals surface area (Å²) in [6.45, 7) is 0.778. The lowest BCUT2D eigenvalue weighted by molar-refractivity contribution is -0.129. The molecule has 0 aliphatic heterocycles. The van der Waals surface area contributed by atoms with Gasteiger partial charge in [-0.2, -0.15) is 4.98 Å². The SMILES string of the molecule is COCCNC(=O)c1noc(-c2cnc3c(c2NC2C4CC5CC2CC(O)(C5)C4)C=CC3)n1. The number of hydrogen-bond donors (Lipinski definition) is 3. The first-order valence-electron chi connectivity index (χ1n) is 11.8. The largest absolute Gasteiger partial charge is 0.390 e. The van der Waals surface area contributed by atoms with Gasteiger partial charge in [0.15, 0.2) is 0 Å². The van der Waals surface area contributed by atoms with Gasteiger partial charge in [-0.25, -0.2) is 0 Å². The molecule has 2 atom stereocenters. The molecule has 1 amide bonds. The maximum absolute atomic E-state index is 12.3. The molecule has 5 aliphatic rings. The molecule has 9 nitrogen and oxygen atoms in total. The van der Waals surface area contributed by atoms with E-state index in [0.29, 0.717) is 42.5 Å². The summed E-state index contributed by atoms with van der Waals surface area (Å²) in [4.78, 5) is 21.3. The van der Waals surface area contributed by atoms with Gasteiger partial charge in [0.2, 0.25) is 0 Å². The number of hydrogen-bond acceptors (Lipinski definition) is 8. The summed E-state index contributed by atoms with van der Waals surface area (Å²) in [6, 6.07) is 0.292. The smallest absolute Gasteiger partial charge is 0.292 e. The Morgan fingerprint density at radius 3 is 2.88 bits per heavy atom. The van der Waals surface area contributed by atoms with E-state index >= 15 is 0 Å². The quantitative estimate of drug-likeness (QED) is 0.549. The van der Waals surface area contributed by atoms with Crippen LogP contribution in [0.1, 0.15) is 54.0 Å². The zero-order chi connectivity index (χ0) is 22.6. The van der Waals surface area contributed by atoms with Crippen LogP contribution in [-0.2, 0) is 11.2 Å². The molecular formula is C24H29N5O4. The summed E-state index contributed by atoms with van der Waals surface area (Å²) in [7, 11) is 1.58. The third kappa shape index (κ3) is 3.63. The van der Waals surface area contributed by atoms with Gasteiger partial charge in [-0.05, 0) is 49.9 Å². The minimum absolute atomic E-state index is 0.0139. The van der Waals surface area contributed by atoms with E-state index in [9.17, 15) is 9.90 Å². The van der Waals surface area contributed by atoms with Gasteiger partial charge in [0.25, 0.3) is 17.6 Å². The van der Waals surface area contributed by atoms with Crippen molar-refractivity contribution in [2.45, 2.75) is 50.2 Å². The number of aromatic nitrogens is 3. The van der Waals surface area contributed by atoms with Gasteiger partial charge in [-0.1, -0.05) is 17.3 Å². The van der Waals surface area contributed by atoms with Crippen molar-refractivity contribution in [3.05, 3.63) is 29.4 Å². The highest BCUT2D eigenvalue weighted by atomic mass is 16.5. The minimum atomic E-state index is -0.477. The van der Waals surface area contributed by atoms with Crippen LogP contribution in [0.15, 0.2) is 16.8 Å². The topological polar surface area (TPSA) is 122 Å². The maximum Gasteiger partial charge on any atom is 0.292 e. The molecule has 3 N–H and O–H groups in total. The number of nitrogens with zero attached hydrogens (tertiary/aromatic N) is 3. The number of aliphatic hydroxyl groups is 1. The molecule has 4 fully saturated rings. The Morgan fingerprint density at radius 1 is 1.30 bits per heavy atom. The summed E-state index contributed by atoms with van der Waals surface area (Å²) in [5.74, 6) is 1.40. The molecule has 2 aromatic heterocycles. The summed E-state index contributed by atoms with van der Waals surface area (Å²) in [5.41, 5.74) is 3.23. The predicted molar refractivity (Wildman–Crippen MR) is 120 cm³/mol. The van der Waals surface area contributed by atoms with Gasteiger partial charge in [0.1, 0.15) is 0 Å². The van der Waals surface area contributed by atoms with Crippen molar-refractivity contribution >= 4 is 17.7 Å². The van der Waals surface area contributed by atoms with Crippen molar-refractivity contribution in [2.75, 3.05) is 25.6 Å². The Hall–Kier alpha value is -2.78. The summed E-state index contributed by atoms with van der Waals surface area (Å²) in [5, 5.41) is 21.4. The first-order valence-corrected chi connectivity index (χ1v) is 11.8. The van der Waals surface area contributed by atoms with Crippen molar-refractivity contribution in [2.24, 2.45) is 17.8 Å². The van der Waals surface area contributed by atoms with Crippen molar-refractivity contribution in [1.29, 1.82) is 0 Å². The number of anilines is 1. The third-order valence-corrected chi connectivity index (χ3v) is 7.80. The molecule has 2 aromatic rings. The second-order valence-corrected chi connectivity index (χ2v) is 10.0. The first-order chi connectivity index (χ1) is 16.0. The van der Waals surface area contributed by atoms with Crippen LogP contribution in [0.4, 0.5) is 5.69 Å². The highest BCUT2D eigenvalue weighted by molar-refractivity contribution is 5.91. The Balaban J connectivity index is 1.31. The Kier molecular flexibility index (Phi) is 4.99. The zero-order valence-electron chi connectivity index (χ0n) is 18.7. The molecule has 0 saturated heterocycles. The number of rotatable bonds is 7. The molecule has 7 rings (SSSR count). The molecule has 2 heterocycles. The number of ether oxygens (including phenoxy) is 1. The number of amides is 1. The number of carbonyl (C=O) groups excluding carboxylic acids is 1. The van der Waals surface area contributed by atoms with Gasteiger partial charge in [0, 0.05) is 37.9 Å². The number of methoxy groups -OCH3 is 1. The average molecular weight is 452 g/mol. The monoisotopic (exact) mass is 451 g/mol. The van der Waals surface area contributed by atoms with Crippen molar-refractivity contribution < 1.29 is 19.2 Å². The molecule has 0 spiro atoms. The molecule has 4 saturated carbocycles. The lowest BCUT2D eigenvalue weighted by Gasteiger charge is -2.58. The molecule has 4 bridgehead atoms. The molecule has 33 heavy (non-hydrogen) atoms. The van der Waals surface area contributed by atoms with E-state index < -0.39 is 11.5 Å². The molecule has 0 radical (unpaired) electrons. The van der Waals surface area contributed by atoms with Crippen LogP contribution >= 0.6 is 0 Å². The normalized spacial score (nSPS) is 31.1. The van der Waals surface area contributed by atoms with E-state index in [-0.39, 0.29) is 11.7 Å². The van der Waals surface area contributed by atoms with Crippen LogP contribution in [0.5, 0.6) is 0 Å². The zero-order valence-corrected chi connectivity index (χ0v) is 18.7. The lowest BCUT2D eigenvalue weighted by atomic mass is 9.52. The number of allylic oxidation sites excluding steroid dienone is 1. The number of nitrogens with one attached hydrogen (secondary N) is 2. The fourth-order valence-corrected chi connectivity index (χ4v) is 6.67. The highest BCUT2D eigenvalue weighted by Gasteiger charge is 2.54. The van der Waals surface area contributed by atoms with Gasteiger partial charge >= 0.3 is 0 Å². The fourth-order valence-electron chi connectivity index (χ4n) is 6.67. The van der Waals surface area contributed by atoms with E-state index in [2.05, 4.69) is 37.9 Å². The van der Waals surface area contributed by atoms with Gasteiger partial charge in [-0.15, -0.1) is 0 Å². The van der Waals surface area contributed by atoms with Crippen LogP contribution in [0, 0.1) is 17.8 Å². The number of pyridine rings is 1. The third-order valence-electron chi connectivity index (χ3n) is 7.80.